The van der Waals surface area contributed by atoms with Crippen LogP contribution in [0.15, 0.2) is 12.4 Å². The second-order valence-electron chi connectivity index (χ2n) is 4.06. The molecule has 1 atom stereocenters. The molecule has 2 aromatic rings. The molecule has 0 aliphatic carbocycles. The van der Waals surface area contributed by atoms with Crippen molar-refractivity contribution in [3.63, 3.8) is 0 Å². The zero-order chi connectivity index (χ0) is 11.7. The topological polar surface area (TPSA) is 69.1 Å². The standard InChI is InChI=1S/C10H14ClN5/c1-6(2)7(5-12)8-9(11)16-4-3-13-15-10(16)14-8/h3-4,6-7H,5,12H2,1-2H3. The lowest BCUT2D eigenvalue weighted by Crippen LogP contribution is -2.18. The van der Waals surface area contributed by atoms with Gasteiger partial charge in [0.25, 0.3) is 5.78 Å². The molecule has 2 aromatic heterocycles. The largest absolute Gasteiger partial charge is 0.330 e. The molecule has 0 aliphatic heterocycles. The third-order valence-electron chi connectivity index (χ3n) is 2.70. The van der Waals surface area contributed by atoms with Crippen LogP contribution in [0.1, 0.15) is 25.5 Å². The third-order valence-corrected chi connectivity index (χ3v) is 3.07. The van der Waals surface area contributed by atoms with Crippen molar-refractivity contribution < 1.29 is 0 Å². The van der Waals surface area contributed by atoms with E-state index in [-0.39, 0.29) is 5.92 Å². The summed E-state index contributed by atoms with van der Waals surface area (Å²) in [4.78, 5) is 4.38. The summed E-state index contributed by atoms with van der Waals surface area (Å²) in [7, 11) is 0. The lowest BCUT2D eigenvalue weighted by molar-refractivity contribution is 0.497. The number of imidazole rings is 1. The van der Waals surface area contributed by atoms with Gasteiger partial charge in [0.15, 0.2) is 0 Å². The van der Waals surface area contributed by atoms with Crippen LogP contribution < -0.4 is 5.73 Å². The van der Waals surface area contributed by atoms with Gasteiger partial charge in [-0.25, -0.2) is 4.98 Å². The molecule has 0 aromatic carbocycles. The van der Waals surface area contributed by atoms with E-state index in [1.165, 1.54) is 0 Å². The average molecular weight is 240 g/mol. The van der Waals surface area contributed by atoms with E-state index in [1.54, 1.807) is 16.8 Å². The van der Waals surface area contributed by atoms with Gasteiger partial charge in [-0.15, -0.1) is 5.10 Å². The van der Waals surface area contributed by atoms with Crippen LogP contribution in [0.4, 0.5) is 0 Å². The van der Waals surface area contributed by atoms with E-state index in [4.69, 9.17) is 17.3 Å². The fourth-order valence-electron chi connectivity index (χ4n) is 1.74. The van der Waals surface area contributed by atoms with E-state index in [0.717, 1.165) is 5.69 Å². The number of fused-ring (bicyclic) bond motifs is 1. The second kappa shape index (κ2) is 4.35. The third kappa shape index (κ3) is 1.76. The Morgan fingerprint density at radius 2 is 2.25 bits per heavy atom. The molecule has 1 unspecified atom stereocenters. The molecule has 0 bridgehead atoms. The Hall–Kier alpha value is -1.20. The molecule has 86 valence electrons. The molecule has 0 saturated carbocycles. The highest BCUT2D eigenvalue weighted by Crippen LogP contribution is 2.28. The first-order chi connectivity index (χ1) is 7.65. The number of aromatic nitrogens is 4. The predicted octanol–water partition coefficient (Wildman–Crippen LogP) is 1.48. The minimum absolute atomic E-state index is 0.147. The van der Waals surface area contributed by atoms with Crippen LogP contribution in [-0.4, -0.2) is 26.1 Å². The molecule has 6 heteroatoms. The van der Waals surface area contributed by atoms with Crippen molar-refractivity contribution in [3.8, 4) is 0 Å². The molecule has 2 rings (SSSR count). The summed E-state index contributed by atoms with van der Waals surface area (Å²) in [5, 5.41) is 8.27. The summed E-state index contributed by atoms with van der Waals surface area (Å²) < 4.78 is 1.72. The fourth-order valence-corrected chi connectivity index (χ4v) is 2.05. The molecular formula is C10H14ClN5. The summed E-state index contributed by atoms with van der Waals surface area (Å²) in [6.07, 6.45) is 3.33. The first-order valence-corrected chi connectivity index (χ1v) is 5.58. The highest BCUT2D eigenvalue weighted by Gasteiger charge is 2.22. The van der Waals surface area contributed by atoms with E-state index in [9.17, 15) is 0 Å². The van der Waals surface area contributed by atoms with Crippen LogP contribution in [-0.2, 0) is 0 Å². The fraction of sp³-hybridized carbons (Fsp3) is 0.500. The highest BCUT2D eigenvalue weighted by molar-refractivity contribution is 6.30. The molecular weight excluding hydrogens is 226 g/mol. The Morgan fingerprint density at radius 3 is 2.81 bits per heavy atom. The van der Waals surface area contributed by atoms with Gasteiger partial charge in [0.05, 0.1) is 11.9 Å². The smallest absolute Gasteiger partial charge is 0.255 e. The maximum Gasteiger partial charge on any atom is 0.255 e. The molecule has 2 N–H and O–H groups in total. The molecule has 0 fully saturated rings. The van der Waals surface area contributed by atoms with Crippen molar-refractivity contribution in [1.82, 2.24) is 19.6 Å². The highest BCUT2D eigenvalue weighted by atomic mass is 35.5. The monoisotopic (exact) mass is 239 g/mol. The van der Waals surface area contributed by atoms with E-state index in [0.29, 0.717) is 23.4 Å². The van der Waals surface area contributed by atoms with E-state index >= 15 is 0 Å². The summed E-state index contributed by atoms with van der Waals surface area (Å²) in [6.45, 7) is 4.72. The zero-order valence-electron chi connectivity index (χ0n) is 9.26. The van der Waals surface area contributed by atoms with Gasteiger partial charge in [-0.3, -0.25) is 4.40 Å². The maximum absolute atomic E-state index is 6.25. The first kappa shape index (κ1) is 11.3. The molecule has 2 heterocycles. The number of hydrogen-bond donors (Lipinski definition) is 1. The zero-order valence-corrected chi connectivity index (χ0v) is 10.0. The second-order valence-corrected chi connectivity index (χ2v) is 4.42. The minimum atomic E-state index is 0.147. The van der Waals surface area contributed by atoms with E-state index in [2.05, 4.69) is 29.0 Å². The van der Waals surface area contributed by atoms with Crippen molar-refractivity contribution in [3.05, 3.63) is 23.2 Å². The van der Waals surface area contributed by atoms with Gasteiger partial charge in [0, 0.05) is 18.7 Å². The van der Waals surface area contributed by atoms with Gasteiger partial charge in [-0.2, -0.15) is 5.10 Å². The average Bonchev–Trinajstić information content (AvgIpc) is 2.58. The van der Waals surface area contributed by atoms with Crippen LogP contribution in [0.5, 0.6) is 0 Å². The summed E-state index contributed by atoms with van der Waals surface area (Å²) in [5.41, 5.74) is 6.56. The lowest BCUT2D eigenvalue weighted by atomic mass is 9.93. The van der Waals surface area contributed by atoms with Crippen molar-refractivity contribution in [1.29, 1.82) is 0 Å². The maximum atomic E-state index is 6.25. The van der Waals surface area contributed by atoms with Crippen molar-refractivity contribution in [2.75, 3.05) is 6.54 Å². The number of nitrogens with zero attached hydrogens (tertiary/aromatic N) is 4. The van der Waals surface area contributed by atoms with Gasteiger partial charge >= 0.3 is 0 Å². The quantitative estimate of drug-likeness (QED) is 0.881. The van der Waals surface area contributed by atoms with Gasteiger partial charge < -0.3 is 5.73 Å². The van der Waals surface area contributed by atoms with Crippen LogP contribution in [0.25, 0.3) is 5.78 Å². The number of hydrogen-bond acceptors (Lipinski definition) is 4. The molecule has 0 amide bonds. The van der Waals surface area contributed by atoms with Gasteiger partial charge in [-0.1, -0.05) is 25.4 Å². The molecule has 0 spiro atoms. The summed E-state index contributed by atoms with van der Waals surface area (Å²) in [6, 6.07) is 0. The Balaban J connectivity index is 2.56. The van der Waals surface area contributed by atoms with Gasteiger partial charge in [-0.05, 0) is 5.92 Å². The van der Waals surface area contributed by atoms with Crippen molar-refractivity contribution in [2.24, 2.45) is 11.7 Å². The number of halogens is 1. The number of rotatable bonds is 3. The Morgan fingerprint density at radius 1 is 1.50 bits per heavy atom. The van der Waals surface area contributed by atoms with Crippen LogP contribution in [0.2, 0.25) is 5.15 Å². The molecule has 0 saturated heterocycles. The van der Waals surface area contributed by atoms with Crippen molar-refractivity contribution >= 4 is 17.4 Å². The van der Waals surface area contributed by atoms with Crippen LogP contribution in [0, 0.1) is 5.92 Å². The minimum Gasteiger partial charge on any atom is -0.330 e. The van der Waals surface area contributed by atoms with E-state index < -0.39 is 0 Å². The Kier molecular flexibility index (Phi) is 3.07. The molecule has 16 heavy (non-hydrogen) atoms. The lowest BCUT2D eigenvalue weighted by Gasteiger charge is -2.16. The van der Waals surface area contributed by atoms with Crippen LogP contribution >= 0.6 is 11.6 Å². The number of nitrogens with two attached hydrogens (primary N) is 1. The van der Waals surface area contributed by atoms with Gasteiger partial charge in [0.1, 0.15) is 5.15 Å². The Bertz CT molecular complexity index is 493. The van der Waals surface area contributed by atoms with E-state index in [1.807, 2.05) is 0 Å². The normalized spacial score (nSPS) is 13.6. The van der Waals surface area contributed by atoms with Gasteiger partial charge in [0.2, 0.25) is 0 Å². The molecule has 0 radical (unpaired) electrons. The van der Waals surface area contributed by atoms with Crippen LogP contribution in [0.3, 0.4) is 0 Å². The molecule has 0 aliphatic rings. The summed E-state index contributed by atoms with van der Waals surface area (Å²) in [5.74, 6) is 1.05. The molecule has 5 nitrogen and oxygen atoms in total. The SMILES string of the molecule is CC(C)C(CN)c1nc2nnccn2c1Cl. The summed E-state index contributed by atoms with van der Waals surface area (Å²) >= 11 is 6.25. The Labute approximate surface area is 98.6 Å². The first-order valence-electron chi connectivity index (χ1n) is 5.20. The predicted molar refractivity (Wildman–Crippen MR) is 62.4 cm³/mol. The van der Waals surface area contributed by atoms with Crippen molar-refractivity contribution in [2.45, 2.75) is 19.8 Å².